The van der Waals surface area contributed by atoms with Crippen LogP contribution in [0.3, 0.4) is 0 Å². The molecule has 0 bridgehead atoms. The number of benzene rings is 2. The van der Waals surface area contributed by atoms with E-state index in [1.165, 1.54) is 26.2 Å². The molecule has 254 valence electrons. The summed E-state index contributed by atoms with van der Waals surface area (Å²) < 4.78 is 20.8. The van der Waals surface area contributed by atoms with Crippen LogP contribution >= 0.6 is 0 Å². The first-order valence-corrected chi connectivity index (χ1v) is 16.6. The van der Waals surface area contributed by atoms with Gasteiger partial charge in [0.1, 0.15) is 5.75 Å². The maximum absolute atomic E-state index is 12.2. The molecule has 1 atom stereocenters. The van der Waals surface area contributed by atoms with E-state index in [1.807, 2.05) is 36.4 Å². The lowest BCUT2D eigenvalue weighted by molar-refractivity contribution is -0.232. The number of carboxylic acid groups (broad SMARTS) is 1. The van der Waals surface area contributed by atoms with Crippen LogP contribution in [0, 0.1) is 0 Å². The third-order valence-electron chi connectivity index (χ3n) is 7.80. The van der Waals surface area contributed by atoms with Crippen molar-refractivity contribution in [2.45, 2.75) is 123 Å². The first-order valence-electron chi connectivity index (χ1n) is 16.6. The minimum absolute atomic E-state index is 0.171. The Balaban J connectivity index is 1.57. The topological polar surface area (TPSA) is 125 Å². The van der Waals surface area contributed by atoms with Crippen molar-refractivity contribution in [1.82, 2.24) is 0 Å². The van der Waals surface area contributed by atoms with E-state index in [-0.39, 0.29) is 12.5 Å². The normalized spacial score (nSPS) is 11.8. The van der Waals surface area contributed by atoms with Crippen LogP contribution in [0.5, 0.6) is 5.75 Å². The molecule has 1 unspecified atom stereocenters. The van der Waals surface area contributed by atoms with Gasteiger partial charge < -0.3 is 24.1 Å². The zero-order valence-electron chi connectivity index (χ0n) is 28.2. The maximum atomic E-state index is 12.2. The van der Waals surface area contributed by atoms with Crippen molar-refractivity contribution < 1.29 is 43.2 Å². The van der Waals surface area contributed by atoms with Crippen molar-refractivity contribution in [2.24, 2.45) is 0 Å². The second-order valence-electron chi connectivity index (χ2n) is 12.0. The molecule has 0 aliphatic heterocycles. The second-order valence-corrected chi connectivity index (χ2v) is 12.0. The Labute approximate surface area is 274 Å². The Kier molecular flexibility index (Phi) is 16.9. The van der Waals surface area contributed by atoms with Gasteiger partial charge in [-0.2, -0.15) is 0 Å². The van der Waals surface area contributed by atoms with Crippen LogP contribution in [-0.4, -0.2) is 48.0 Å². The lowest BCUT2D eigenvalue weighted by Gasteiger charge is -2.25. The average molecular weight is 641 g/mol. The summed E-state index contributed by atoms with van der Waals surface area (Å²) in [6.07, 6.45) is 12.6. The Morgan fingerprint density at radius 2 is 1.28 bits per heavy atom. The summed E-state index contributed by atoms with van der Waals surface area (Å²) in [5.74, 6) is -4.23. The van der Waals surface area contributed by atoms with Gasteiger partial charge in [0.05, 0.1) is 18.8 Å². The molecule has 0 saturated heterocycles. The van der Waals surface area contributed by atoms with Crippen molar-refractivity contribution in [1.29, 1.82) is 0 Å². The monoisotopic (exact) mass is 640 g/mol. The standard InChI is InChI=1S/C37H52O9/c1-6-17-27(2)34-26-31(35(40)41)20-23-33(34)30-18-21-32(22-19-30)43-24-15-13-11-9-7-8-10-12-14-16-25-44-36(42)37(5,45-28(3)38)46-29(4)39/h18-23,26-27H,6-17,24-25H2,1-5H3,(H,40,41). The highest BCUT2D eigenvalue weighted by molar-refractivity contribution is 5.89. The van der Waals surface area contributed by atoms with Crippen molar-refractivity contribution in [3.05, 3.63) is 53.6 Å². The van der Waals surface area contributed by atoms with E-state index in [4.69, 9.17) is 18.9 Å². The van der Waals surface area contributed by atoms with Crippen LogP contribution in [0.4, 0.5) is 0 Å². The zero-order valence-corrected chi connectivity index (χ0v) is 28.2. The van der Waals surface area contributed by atoms with Crippen molar-refractivity contribution in [3.8, 4) is 16.9 Å². The predicted octanol–water partition coefficient (Wildman–Crippen LogP) is 8.62. The minimum atomic E-state index is -2.06. The fourth-order valence-corrected chi connectivity index (χ4v) is 5.44. The summed E-state index contributed by atoms with van der Waals surface area (Å²) in [5, 5.41) is 9.45. The largest absolute Gasteiger partial charge is 0.494 e. The van der Waals surface area contributed by atoms with Crippen LogP contribution in [0.2, 0.25) is 0 Å². The minimum Gasteiger partial charge on any atom is -0.494 e. The van der Waals surface area contributed by atoms with Crippen LogP contribution in [0.25, 0.3) is 11.1 Å². The number of carboxylic acids is 1. The molecule has 0 amide bonds. The summed E-state index contributed by atoms with van der Waals surface area (Å²) in [6.45, 7) is 8.60. The number of hydrogen-bond donors (Lipinski definition) is 1. The molecular weight excluding hydrogens is 588 g/mol. The number of esters is 3. The third kappa shape index (κ3) is 13.6. The average Bonchev–Trinajstić information content (AvgIpc) is 3.00. The van der Waals surface area contributed by atoms with E-state index >= 15 is 0 Å². The summed E-state index contributed by atoms with van der Waals surface area (Å²) in [4.78, 5) is 46.3. The fourth-order valence-electron chi connectivity index (χ4n) is 5.44. The molecule has 9 nitrogen and oxygen atoms in total. The van der Waals surface area contributed by atoms with E-state index in [0.717, 1.165) is 87.7 Å². The molecular formula is C37H52O9. The van der Waals surface area contributed by atoms with E-state index in [9.17, 15) is 24.3 Å². The molecule has 0 aliphatic rings. The first kappa shape index (κ1) is 38.3. The molecule has 0 spiro atoms. The van der Waals surface area contributed by atoms with Gasteiger partial charge >= 0.3 is 29.7 Å². The number of hydrogen-bond acceptors (Lipinski definition) is 8. The summed E-state index contributed by atoms with van der Waals surface area (Å²) in [6, 6.07) is 13.5. The smallest absolute Gasteiger partial charge is 0.392 e. The first-order chi connectivity index (χ1) is 22.0. The molecule has 0 aromatic heterocycles. The van der Waals surface area contributed by atoms with Crippen molar-refractivity contribution >= 4 is 23.9 Å². The molecule has 2 rings (SSSR count). The van der Waals surface area contributed by atoms with Crippen molar-refractivity contribution in [3.63, 3.8) is 0 Å². The van der Waals surface area contributed by atoms with Crippen LogP contribution < -0.4 is 4.74 Å². The summed E-state index contributed by atoms with van der Waals surface area (Å²) in [5.41, 5.74) is 3.52. The molecule has 0 saturated carbocycles. The summed E-state index contributed by atoms with van der Waals surface area (Å²) >= 11 is 0. The van der Waals surface area contributed by atoms with Crippen LogP contribution in [0.15, 0.2) is 42.5 Å². The van der Waals surface area contributed by atoms with Gasteiger partial charge in [-0.05, 0) is 66.1 Å². The molecule has 0 aliphatic carbocycles. The van der Waals surface area contributed by atoms with Gasteiger partial charge in [-0.25, -0.2) is 9.59 Å². The molecule has 1 N–H and O–H groups in total. The molecule has 9 heteroatoms. The van der Waals surface area contributed by atoms with Gasteiger partial charge in [0, 0.05) is 20.8 Å². The third-order valence-corrected chi connectivity index (χ3v) is 7.80. The van der Waals surface area contributed by atoms with Gasteiger partial charge in [-0.3, -0.25) is 9.59 Å². The van der Waals surface area contributed by atoms with Gasteiger partial charge in [0.2, 0.25) is 0 Å². The van der Waals surface area contributed by atoms with Crippen molar-refractivity contribution in [2.75, 3.05) is 13.2 Å². The Morgan fingerprint density at radius 3 is 1.78 bits per heavy atom. The lowest BCUT2D eigenvalue weighted by Crippen LogP contribution is -2.45. The quantitative estimate of drug-likeness (QED) is 0.0765. The number of aromatic carboxylic acids is 1. The number of rotatable bonds is 22. The number of carbonyl (C=O) groups is 4. The van der Waals surface area contributed by atoms with Gasteiger partial charge in [-0.15, -0.1) is 0 Å². The van der Waals surface area contributed by atoms with Gasteiger partial charge in [0.15, 0.2) is 0 Å². The molecule has 0 heterocycles. The highest BCUT2D eigenvalue weighted by Crippen LogP contribution is 2.33. The number of carbonyl (C=O) groups excluding carboxylic acids is 3. The fraction of sp³-hybridized carbons (Fsp3) is 0.568. The van der Waals surface area contributed by atoms with Crippen LogP contribution in [0.1, 0.15) is 134 Å². The number of unbranched alkanes of at least 4 members (excludes halogenated alkanes) is 9. The predicted molar refractivity (Wildman–Crippen MR) is 177 cm³/mol. The molecule has 2 aromatic carbocycles. The molecule has 0 fully saturated rings. The molecule has 2 aromatic rings. The Hall–Kier alpha value is -3.88. The van der Waals surface area contributed by atoms with E-state index in [0.29, 0.717) is 18.6 Å². The SMILES string of the molecule is CCCC(C)c1cc(C(=O)O)ccc1-c1ccc(OCCCCCCCCCCCCOC(=O)C(C)(OC(C)=O)OC(C)=O)cc1. The highest BCUT2D eigenvalue weighted by atomic mass is 16.8. The zero-order chi connectivity index (χ0) is 34.0. The van der Waals surface area contributed by atoms with Crippen LogP contribution in [-0.2, 0) is 28.6 Å². The van der Waals surface area contributed by atoms with Gasteiger partial charge in [0.25, 0.3) is 0 Å². The maximum Gasteiger partial charge on any atom is 0.392 e. The summed E-state index contributed by atoms with van der Waals surface area (Å²) in [7, 11) is 0. The lowest BCUT2D eigenvalue weighted by atomic mass is 9.88. The van der Waals surface area contributed by atoms with E-state index < -0.39 is 29.7 Å². The Bertz CT molecular complexity index is 1240. The van der Waals surface area contributed by atoms with Gasteiger partial charge in [-0.1, -0.05) is 89.8 Å². The van der Waals surface area contributed by atoms with E-state index in [2.05, 4.69) is 13.8 Å². The Morgan fingerprint density at radius 1 is 0.761 bits per heavy atom. The molecule has 0 radical (unpaired) electrons. The molecule has 46 heavy (non-hydrogen) atoms. The van der Waals surface area contributed by atoms with E-state index in [1.54, 1.807) is 6.07 Å². The number of ether oxygens (including phenoxy) is 4. The second kappa shape index (κ2) is 20.3. The highest BCUT2D eigenvalue weighted by Gasteiger charge is 2.42.